The molecule has 0 aromatic heterocycles. The van der Waals surface area contributed by atoms with E-state index in [1.807, 2.05) is 0 Å². The van der Waals surface area contributed by atoms with E-state index in [0.29, 0.717) is 36.9 Å². The van der Waals surface area contributed by atoms with E-state index in [1.165, 1.54) is 6.07 Å². The third-order valence-electron chi connectivity index (χ3n) is 4.12. The number of nitrogens with zero attached hydrogens (tertiary/aromatic N) is 1. The highest BCUT2D eigenvalue weighted by molar-refractivity contribution is 6.14. The fourth-order valence-corrected chi connectivity index (χ4v) is 2.94. The van der Waals surface area contributed by atoms with Crippen molar-refractivity contribution in [2.45, 2.75) is 18.9 Å². The van der Waals surface area contributed by atoms with E-state index in [4.69, 9.17) is 0 Å². The van der Waals surface area contributed by atoms with Crippen LogP contribution in [0.1, 0.15) is 33.6 Å². The number of aromatic carboxylic acids is 1. The number of hydrogen-bond acceptors (Lipinski definition) is 3. The summed E-state index contributed by atoms with van der Waals surface area (Å²) in [6.45, 7) is 0.983. The number of rotatable bonds is 2. The molecule has 22 heavy (non-hydrogen) atoms. The van der Waals surface area contributed by atoms with Gasteiger partial charge in [-0.05, 0) is 30.4 Å². The lowest BCUT2D eigenvalue weighted by molar-refractivity contribution is 0.0548. The third kappa shape index (κ3) is 2.55. The van der Waals surface area contributed by atoms with Crippen LogP contribution < -0.4 is 0 Å². The molecule has 1 saturated heterocycles. The lowest BCUT2D eigenvalue weighted by Gasteiger charge is -2.30. The van der Waals surface area contributed by atoms with Crippen LogP contribution in [0.4, 0.5) is 0 Å². The number of piperidine rings is 1. The number of aliphatic hydroxyl groups is 1. The monoisotopic (exact) mass is 299 g/mol. The maximum absolute atomic E-state index is 12.7. The molecule has 1 heterocycles. The molecule has 0 atom stereocenters. The Morgan fingerprint density at radius 1 is 1.00 bits per heavy atom. The Morgan fingerprint density at radius 3 is 2.18 bits per heavy atom. The predicted molar refractivity (Wildman–Crippen MR) is 82.1 cm³/mol. The zero-order valence-electron chi connectivity index (χ0n) is 12.0. The van der Waals surface area contributed by atoms with Gasteiger partial charge in [-0.15, -0.1) is 0 Å². The van der Waals surface area contributed by atoms with E-state index >= 15 is 0 Å². The predicted octanol–water partition coefficient (Wildman–Crippen LogP) is 2.13. The molecule has 0 bridgehead atoms. The Morgan fingerprint density at radius 2 is 1.59 bits per heavy atom. The molecule has 1 amide bonds. The van der Waals surface area contributed by atoms with Crippen molar-refractivity contribution in [3.63, 3.8) is 0 Å². The molecule has 2 aromatic rings. The van der Waals surface area contributed by atoms with Gasteiger partial charge in [-0.2, -0.15) is 0 Å². The zero-order chi connectivity index (χ0) is 15.7. The lowest BCUT2D eigenvalue weighted by Crippen LogP contribution is -2.40. The summed E-state index contributed by atoms with van der Waals surface area (Å²) in [5.41, 5.74) is 0.547. The molecule has 5 heteroatoms. The van der Waals surface area contributed by atoms with Crippen molar-refractivity contribution < 1.29 is 19.8 Å². The molecule has 0 unspecified atom stereocenters. The Hall–Kier alpha value is -2.40. The van der Waals surface area contributed by atoms with Crippen molar-refractivity contribution in [1.82, 2.24) is 4.90 Å². The van der Waals surface area contributed by atoms with E-state index in [-0.39, 0.29) is 17.6 Å². The summed E-state index contributed by atoms with van der Waals surface area (Å²) in [6, 6.07) is 10.2. The standard InChI is InChI=1S/C17H17NO4/c19-12-7-9-18(10-8-12)16(20)13-5-1-3-11-4-2-6-14(15(11)13)17(21)22/h1-6,12,19H,7-10H2,(H,21,22). The van der Waals surface area contributed by atoms with Gasteiger partial charge in [0.1, 0.15) is 0 Å². The highest BCUT2D eigenvalue weighted by atomic mass is 16.4. The van der Waals surface area contributed by atoms with Gasteiger partial charge in [0, 0.05) is 24.0 Å². The Kier molecular flexibility index (Phi) is 3.81. The van der Waals surface area contributed by atoms with Gasteiger partial charge in [-0.1, -0.05) is 24.3 Å². The third-order valence-corrected chi connectivity index (χ3v) is 4.12. The SMILES string of the molecule is O=C(O)c1cccc2cccc(C(=O)N3CCC(O)CC3)c12. The van der Waals surface area contributed by atoms with E-state index in [9.17, 15) is 19.8 Å². The van der Waals surface area contributed by atoms with Gasteiger partial charge in [-0.25, -0.2) is 4.79 Å². The van der Waals surface area contributed by atoms with Crippen molar-refractivity contribution in [3.8, 4) is 0 Å². The maximum Gasteiger partial charge on any atom is 0.336 e. The van der Waals surface area contributed by atoms with Gasteiger partial charge < -0.3 is 15.1 Å². The summed E-state index contributed by atoms with van der Waals surface area (Å²) in [5, 5.41) is 20.1. The topological polar surface area (TPSA) is 77.8 Å². The summed E-state index contributed by atoms with van der Waals surface area (Å²) >= 11 is 0. The molecule has 1 aliphatic rings. The number of carbonyl (C=O) groups excluding carboxylic acids is 1. The summed E-state index contributed by atoms with van der Waals surface area (Å²) in [7, 11) is 0. The maximum atomic E-state index is 12.7. The number of hydrogen-bond donors (Lipinski definition) is 2. The molecule has 1 aliphatic heterocycles. The second-order valence-corrected chi connectivity index (χ2v) is 5.54. The fourth-order valence-electron chi connectivity index (χ4n) is 2.94. The number of carbonyl (C=O) groups is 2. The first kappa shape index (κ1) is 14.5. The average Bonchev–Trinajstić information content (AvgIpc) is 2.53. The van der Waals surface area contributed by atoms with Crippen LogP contribution in [0.15, 0.2) is 36.4 Å². The molecule has 0 radical (unpaired) electrons. The first-order valence-corrected chi connectivity index (χ1v) is 7.30. The minimum absolute atomic E-state index is 0.137. The number of carboxylic acids is 1. The smallest absolute Gasteiger partial charge is 0.336 e. The summed E-state index contributed by atoms with van der Waals surface area (Å²) in [6.07, 6.45) is 0.760. The van der Waals surface area contributed by atoms with Crippen LogP contribution in [0.2, 0.25) is 0 Å². The van der Waals surface area contributed by atoms with Crippen molar-refractivity contribution in [2.24, 2.45) is 0 Å². The van der Waals surface area contributed by atoms with E-state index < -0.39 is 5.97 Å². The quantitative estimate of drug-likeness (QED) is 0.890. The van der Waals surface area contributed by atoms with Gasteiger partial charge in [0.05, 0.1) is 11.7 Å². The molecular weight excluding hydrogens is 282 g/mol. The fraction of sp³-hybridized carbons (Fsp3) is 0.294. The molecule has 114 valence electrons. The van der Waals surface area contributed by atoms with Crippen LogP contribution >= 0.6 is 0 Å². The van der Waals surface area contributed by atoms with Crippen LogP contribution in [0.5, 0.6) is 0 Å². The van der Waals surface area contributed by atoms with E-state index in [1.54, 1.807) is 35.2 Å². The number of carboxylic acid groups (broad SMARTS) is 1. The second kappa shape index (κ2) is 5.77. The van der Waals surface area contributed by atoms with Gasteiger partial charge in [0.25, 0.3) is 5.91 Å². The number of aliphatic hydroxyl groups excluding tert-OH is 1. The van der Waals surface area contributed by atoms with E-state index in [0.717, 1.165) is 5.39 Å². The molecule has 0 aliphatic carbocycles. The Labute approximate surface area is 127 Å². The average molecular weight is 299 g/mol. The molecule has 3 rings (SSSR count). The lowest BCUT2D eigenvalue weighted by atomic mass is 9.97. The highest BCUT2D eigenvalue weighted by Crippen LogP contribution is 2.25. The van der Waals surface area contributed by atoms with Crippen LogP contribution in [-0.2, 0) is 0 Å². The van der Waals surface area contributed by atoms with Gasteiger partial charge in [-0.3, -0.25) is 4.79 Å². The largest absolute Gasteiger partial charge is 0.478 e. The second-order valence-electron chi connectivity index (χ2n) is 5.54. The van der Waals surface area contributed by atoms with Crippen molar-refractivity contribution in [3.05, 3.63) is 47.5 Å². The van der Waals surface area contributed by atoms with Crippen LogP contribution in [0, 0.1) is 0 Å². The van der Waals surface area contributed by atoms with Gasteiger partial charge in [0.2, 0.25) is 0 Å². The molecular formula is C17H17NO4. The molecule has 0 saturated carbocycles. The number of fused-ring (bicyclic) bond motifs is 1. The molecule has 0 spiro atoms. The highest BCUT2D eigenvalue weighted by Gasteiger charge is 2.24. The van der Waals surface area contributed by atoms with Crippen molar-refractivity contribution in [2.75, 3.05) is 13.1 Å². The van der Waals surface area contributed by atoms with Crippen molar-refractivity contribution >= 4 is 22.6 Å². The molecule has 2 N–H and O–H groups in total. The van der Waals surface area contributed by atoms with E-state index in [2.05, 4.69) is 0 Å². The van der Waals surface area contributed by atoms with Gasteiger partial charge >= 0.3 is 5.97 Å². The number of likely N-dealkylation sites (tertiary alicyclic amines) is 1. The summed E-state index contributed by atoms with van der Waals surface area (Å²) < 4.78 is 0. The Bertz CT molecular complexity index is 727. The van der Waals surface area contributed by atoms with Crippen LogP contribution in [-0.4, -0.2) is 46.2 Å². The van der Waals surface area contributed by atoms with Crippen LogP contribution in [0.25, 0.3) is 10.8 Å². The first-order valence-electron chi connectivity index (χ1n) is 7.30. The zero-order valence-corrected chi connectivity index (χ0v) is 12.0. The summed E-state index contributed by atoms with van der Waals surface area (Å²) in [4.78, 5) is 25.9. The molecule has 2 aromatic carbocycles. The Balaban J connectivity index is 2.07. The van der Waals surface area contributed by atoms with Crippen LogP contribution in [0.3, 0.4) is 0 Å². The number of benzene rings is 2. The van der Waals surface area contributed by atoms with Crippen molar-refractivity contribution in [1.29, 1.82) is 0 Å². The minimum atomic E-state index is -1.04. The summed E-state index contributed by atoms with van der Waals surface area (Å²) in [5.74, 6) is -1.22. The number of amides is 1. The molecule has 1 fully saturated rings. The minimum Gasteiger partial charge on any atom is -0.478 e. The molecule has 5 nitrogen and oxygen atoms in total. The van der Waals surface area contributed by atoms with Gasteiger partial charge in [0.15, 0.2) is 0 Å². The first-order chi connectivity index (χ1) is 10.6. The normalized spacial score (nSPS) is 16.0.